The van der Waals surface area contributed by atoms with Gasteiger partial charge in [-0.1, -0.05) is 0 Å². The smallest absolute Gasteiger partial charge is 0.110 e. The molecule has 1 saturated heterocycles. The van der Waals surface area contributed by atoms with Crippen LogP contribution in [0.15, 0.2) is 17.3 Å². The number of hydrogen-bond acceptors (Lipinski definition) is 3. The molecule has 2 rings (SSSR count). The summed E-state index contributed by atoms with van der Waals surface area (Å²) in [6.07, 6.45) is 5.61. The zero-order valence-electron chi connectivity index (χ0n) is 9.03. The summed E-state index contributed by atoms with van der Waals surface area (Å²) >= 11 is 0. The van der Waals surface area contributed by atoms with E-state index >= 15 is 0 Å². The number of allylic oxidation sites excluding steroid dienone is 1. The van der Waals surface area contributed by atoms with Gasteiger partial charge in [-0.05, 0) is 32.9 Å². The molecule has 0 radical (unpaired) electrons. The van der Waals surface area contributed by atoms with E-state index in [1.807, 2.05) is 0 Å². The molecule has 1 unspecified atom stereocenters. The fourth-order valence-electron chi connectivity index (χ4n) is 1.94. The van der Waals surface area contributed by atoms with Gasteiger partial charge in [0, 0.05) is 30.4 Å². The lowest BCUT2D eigenvalue weighted by atomic mass is 10.0. The number of hydrogen-bond donors (Lipinski definition) is 1. The minimum absolute atomic E-state index is 0.554. The van der Waals surface area contributed by atoms with Crippen molar-refractivity contribution >= 4 is 5.71 Å². The summed E-state index contributed by atoms with van der Waals surface area (Å²) in [6.45, 7) is 7.47. The third kappa shape index (κ3) is 1.98. The minimum Gasteiger partial charge on any atom is -0.356 e. The van der Waals surface area contributed by atoms with E-state index in [9.17, 15) is 0 Å². The molecule has 3 nitrogen and oxygen atoms in total. The first-order chi connectivity index (χ1) is 6.77. The van der Waals surface area contributed by atoms with Crippen LogP contribution in [-0.2, 0) is 0 Å². The third-order valence-electron chi connectivity index (χ3n) is 3.00. The van der Waals surface area contributed by atoms with Crippen LogP contribution < -0.4 is 5.32 Å². The Morgan fingerprint density at radius 1 is 1.57 bits per heavy atom. The van der Waals surface area contributed by atoms with E-state index in [0.29, 0.717) is 12.0 Å². The normalized spacial score (nSPS) is 27.2. The van der Waals surface area contributed by atoms with Gasteiger partial charge < -0.3 is 10.2 Å². The van der Waals surface area contributed by atoms with Crippen LogP contribution >= 0.6 is 0 Å². The lowest BCUT2D eigenvalue weighted by Crippen LogP contribution is -2.30. The van der Waals surface area contributed by atoms with Gasteiger partial charge in [0.2, 0.25) is 0 Å². The SMILES string of the molecule is CC(C)N1C=CC(C2CCNC2)=NC1. The maximum Gasteiger partial charge on any atom is 0.110 e. The Labute approximate surface area is 85.9 Å². The molecule has 0 aromatic carbocycles. The molecule has 14 heavy (non-hydrogen) atoms. The van der Waals surface area contributed by atoms with Crippen molar-refractivity contribution in [2.75, 3.05) is 19.8 Å². The van der Waals surface area contributed by atoms with Gasteiger partial charge in [0.15, 0.2) is 0 Å². The lowest BCUT2D eigenvalue weighted by molar-refractivity contribution is 0.317. The Morgan fingerprint density at radius 3 is 2.93 bits per heavy atom. The van der Waals surface area contributed by atoms with Crippen LogP contribution in [0.5, 0.6) is 0 Å². The molecule has 0 bridgehead atoms. The molecule has 2 aliphatic rings. The summed E-state index contributed by atoms with van der Waals surface area (Å²) in [5.41, 5.74) is 1.28. The van der Waals surface area contributed by atoms with Crippen LogP contribution in [0.3, 0.4) is 0 Å². The highest BCUT2D eigenvalue weighted by Crippen LogP contribution is 2.15. The Morgan fingerprint density at radius 2 is 2.43 bits per heavy atom. The summed E-state index contributed by atoms with van der Waals surface area (Å²) in [4.78, 5) is 6.89. The summed E-state index contributed by atoms with van der Waals surface area (Å²) in [5.74, 6) is 0.653. The van der Waals surface area contributed by atoms with Crippen molar-refractivity contribution in [1.29, 1.82) is 0 Å². The van der Waals surface area contributed by atoms with E-state index in [1.165, 1.54) is 12.1 Å². The maximum absolute atomic E-state index is 4.63. The van der Waals surface area contributed by atoms with Crippen molar-refractivity contribution in [3.8, 4) is 0 Å². The highest BCUT2D eigenvalue weighted by Gasteiger charge is 2.20. The fourth-order valence-corrected chi connectivity index (χ4v) is 1.94. The lowest BCUT2D eigenvalue weighted by Gasteiger charge is -2.27. The monoisotopic (exact) mass is 193 g/mol. The van der Waals surface area contributed by atoms with Crippen molar-refractivity contribution in [3.63, 3.8) is 0 Å². The first-order valence-electron chi connectivity index (χ1n) is 5.46. The molecule has 1 fully saturated rings. The second kappa shape index (κ2) is 4.13. The van der Waals surface area contributed by atoms with Crippen molar-refractivity contribution < 1.29 is 0 Å². The Hall–Kier alpha value is -0.830. The number of nitrogens with one attached hydrogen (secondary N) is 1. The Bertz CT molecular complexity index is 249. The van der Waals surface area contributed by atoms with Crippen LogP contribution in [0.2, 0.25) is 0 Å². The second-order valence-corrected chi connectivity index (χ2v) is 4.34. The highest BCUT2D eigenvalue weighted by atomic mass is 15.2. The second-order valence-electron chi connectivity index (χ2n) is 4.34. The van der Waals surface area contributed by atoms with Gasteiger partial charge in [0.1, 0.15) is 6.67 Å². The molecule has 0 spiro atoms. The van der Waals surface area contributed by atoms with Gasteiger partial charge in [-0.3, -0.25) is 4.99 Å². The topological polar surface area (TPSA) is 27.6 Å². The van der Waals surface area contributed by atoms with Crippen molar-refractivity contribution in [2.45, 2.75) is 26.3 Å². The molecular weight excluding hydrogens is 174 g/mol. The minimum atomic E-state index is 0.554. The first kappa shape index (κ1) is 9.71. The van der Waals surface area contributed by atoms with E-state index in [0.717, 1.165) is 19.8 Å². The quantitative estimate of drug-likeness (QED) is 0.714. The number of nitrogens with zero attached hydrogens (tertiary/aromatic N) is 2. The summed E-state index contributed by atoms with van der Waals surface area (Å²) in [5, 5.41) is 3.38. The van der Waals surface area contributed by atoms with Crippen LogP contribution in [0.25, 0.3) is 0 Å². The van der Waals surface area contributed by atoms with Gasteiger partial charge in [-0.2, -0.15) is 0 Å². The Balaban J connectivity index is 1.95. The molecule has 0 aliphatic carbocycles. The third-order valence-corrected chi connectivity index (χ3v) is 3.00. The summed E-state index contributed by atoms with van der Waals surface area (Å²) < 4.78 is 0. The Kier molecular flexibility index (Phi) is 2.87. The summed E-state index contributed by atoms with van der Waals surface area (Å²) in [6, 6.07) is 0.554. The number of rotatable bonds is 2. The molecule has 1 N–H and O–H groups in total. The van der Waals surface area contributed by atoms with Gasteiger partial charge in [-0.25, -0.2) is 0 Å². The van der Waals surface area contributed by atoms with E-state index < -0.39 is 0 Å². The molecule has 3 heteroatoms. The molecule has 0 aromatic heterocycles. The molecule has 0 aromatic rings. The van der Waals surface area contributed by atoms with Gasteiger partial charge in [0.05, 0.1) is 0 Å². The zero-order chi connectivity index (χ0) is 9.97. The van der Waals surface area contributed by atoms with Gasteiger partial charge in [-0.15, -0.1) is 0 Å². The average Bonchev–Trinajstić information content (AvgIpc) is 2.71. The molecular formula is C11H19N3. The highest BCUT2D eigenvalue weighted by molar-refractivity contribution is 5.97. The van der Waals surface area contributed by atoms with Gasteiger partial charge in [0.25, 0.3) is 0 Å². The molecule has 2 heterocycles. The van der Waals surface area contributed by atoms with Crippen LogP contribution in [-0.4, -0.2) is 36.4 Å². The fraction of sp³-hybridized carbons (Fsp3) is 0.727. The van der Waals surface area contributed by atoms with E-state index in [4.69, 9.17) is 0 Å². The van der Waals surface area contributed by atoms with Crippen LogP contribution in [0.4, 0.5) is 0 Å². The van der Waals surface area contributed by atoms with Crippen LogP contribution in [0, 0.1) is 5.92 Å². The maximum atomic E-state index is 4.63. The van der Waals surface area contributed by atoms with Crippen LogP contribution in [0.1, 0.15) is 20.3 Å². The standard InChI is InChI=1S/C11H19N3/c1-9(2)14-6-4-11(13-8-14)10-3-5-12-7-10/h4,6,9-10,12H,3,5,7-8H2,1-2H3. The van der Waals surface area contributed by atoms with Crippen molar-refractivity contribution in [1.82, 2.24) is 10.2 Å². The molecule has 1 atom stereocenters. The predicted molar refractivity (Wildman–Crippen MR) is 59.4 cm³/mol. The number of aliphatic imine (C=N–C) groups is 1. The zero-order valence-corrected chi connectivity index (χ0v) is 9.03. The summed E-state index contributed by atoms with van der Waals surface area (Å²) in [7, 11) is 0. The van der Waals surface area contributed by atoms with E-state index in [-0.39, 0.29) is 0 Å². The van der Waals surface area contributed by atoms with Crippen molar-refractivity contribution in [2.24, 2.45) is 10.9 Å². The first-order valence-corrected chi connectivity index (χ1v) is 5.46. The molecule has 2 aliphatic heterocycles. The average molecular weight is 193 g/mol. The van der Waals surface area contributed by atoms with E-state index in [2.05, 4.69) is 41.3 Å². The molecule has 0 amide bonds. The predicted octanol–water partition coefficient (Wildman–Crippen LogP) is 1.23. The van der Waals surface area contributed by atoms with Gasteiger partial charge >= 0.3 is 0 Å². The van der Waals surface area contributed by atoms with Crippen molar-refractivity contribution in [3.05, 3.63) is 12.3 Å². The largest absolute Gasteiger partial charge is 0.356 e. The van der Waals surface area contributed by atoms with E-state index in [1.54, 1.807) is 0 Å². The molecule has 78 valence electrons. The molecule has 0 saturated carbocycles.